The molecule has 21 heavy (non-hydrogen) atoms. The lowest BCUT2D eigenvalue weighted by Crippen LogP contribution is -2.40. The molecule has 6 heteroatoms. The van der Waals surface area contributed by atoms with Crippen molar-refractivity contribution < 1.29 is 4.79 Å². The van der Waals surface area contributed by atoms with E-state index in [9.17, 15) is 4.79 Å². The van der Waals surface area contributed by atoms with Crippen molar-refractivity contribution in [3.63, 3.8) is 0 Å². The minimum atomic E-state index is 0.303. The van der Waals surface area contributed by atoms with Crippen LogP contribution in [0.4, 0.5) is 0 Å². The van der Waals surface area contributed by atoms with Crippen LogP contribution in [0.2, 0.25) is 0 Å². The lowest BCUT2D eigenvalue weighted by Gasteiger charge is -2.33. The lowest BCUT2D eigenvalue weighted by molar-refractivity contribution is -0.133. The SMILES string of the molecule is C[C@H](CC(=O)N1CCC[C@@H](c2n[nH]c(=S)n2C)C1)C1CC1. The summed E-state index contributed by atoms with van der Waals surface area (Å²) in [7, 11) is 1.94. The predicted octanol–water partition coefficient (Wildman–Crippen LogP) is 2.62. The molecule has 1 amide bonds. The maximum atomic E-state index is 12.5. The van der Waals surface area contributed by atoms with E-state index >= 15 is 0 Å². The van der Waals surface area contributed by atoms with Gasteiger partial charge in [-0.05, 0) is 49.7 Å². The van der Waals surface area contributed by atoms with E-state index in [0.29, 0.717) is 28.9 Å². The molecule has 1 aromatic rings. The molecule has 2 fully saturated rings. The Labute approximate surface area is 130 Å². The smallest absolute Gasteiger partial charge is 0.222 e. The standard InChI is InChI=1S/C15H24N4OS/c1-10(11-5-6-11)8-13(20)19-7-3-4-12(9-19)14-16-17-15(21)18(14)2/h10-12H,3-9H2,1-2H3,(H,17,21)/t10-,12-/m1/s1. The Morgan fingerprint density at radius 2 is 2.24 bits per heavy atom. The summed E-state index contributed by atoms with van der Waals surface area (Å²) in [4.78, 5) is 14.5. The second kappa shape index (κ2) is 5.91. The lowest BCUT2D eigenvalue weighted by atomic mass is 9.95. The van der Waals surface area contributed by atoms with E-state index in [2.05, 4.69) is 17.1 Å². The number of amides is 1. The number of rotatable bonds is 4. The van der Waals surface area contributed by atoms with Crippen LogP contribution < -0.4 is 0 Å². The molecule has 0 aromatic carbocycles. The highest BCUT2D eigenvalue weighted by Crippen LogP contribution is 2.38. The quantitative estimate of drug-likeness (QED) is 0.870. The van der Waals surface area contributed by atoms with Gasteiger partial charge in [0.25, 0.3) is 0 Å². The summed E-state index contributed by atoms with van der Waals surface area (Å²) in [5, 5.41) is 7.19. The van der Waals surface area contributed by atoms with Gasteiger partial charge in [-0.25, -0.2) is 0 Å². The second-order valence-corrected chi connectivity index (χ2v) is 7.03. The summed E-state index contributed by atoms with van der Waals surface area (Å²) in [5.41, 5.74) is 0. The van der Waals surface area contributed by atoms with Gasteiger partial charge >= 0.3 is 0 Å². The van der Waals surface area contributed by atoms with Gasteiger partial charge in [0, 0.05) is 32.5 Å². The van der Waals surface area contributed by atoms with Gasteiger partial charge in [-0.1, -0.05) is 6.92 Å². The number of piperidine rings is 1. The molecule has 2 heterocycles. The third kappa shape index (κ3) is 3.20. The molecule has 116 valence electrons. The molecule has 1 aliphatic heterocycles. The van der Waals surface area contributed by atoms with Crippen molar-refractivity contribution in [1.29, 1.82) is 0 Å². The van der Waals surface area contributed by atoms with Gasteiger partial charge in [-0.3, -0.25) is 9.89 Å². The van der Waals surface area contributed by atoms with Gasteiger partial charge in [-0.15, -0.1) is 0 Å². The first-order chi connectivity index (χ1) is 10.1. The number of hydrogen-bond donors (Lipinski definition) is 1. The van der Waals surface area contributed by atoms with Crippen molar-refractivity contribution in [3.8, 4) is 0 Å². The van der Waals surface area contributed by atoms with Gasteiger partial charge in [0.05, 0.1) is 0 Å². The third-order valence-electron chi connectivity index (χ3n) is 4.98. The maximum Gasteiger partial charge on any atom is 0.222 e. The second-order valence-electron chi connectivity index (χ2n) is 6.64. The van der Waals surface area contributed by atoms with Crippen LogP contribution in [-0.4, -0.2) is 38.7 Å². The summed E-state index contributed by atoms with van der Waals surface area (Å²) in [6, 6.07) is 0. The van der Waals surface area contributed by atoms with E-state index in [1.807, 2.05) is 16.5 Å². The topological polar surface area (TPSA) is 53.9 Å². The highest BCUT2D eigenvalue weighted by atomic mass is 32.1. The van der Waals surface area contributed by atoms with Crippen molar-refractivity contribution in [2.75, 3.05) is 13.1 Å². The molecule has 0 unspecified atom stereocenters. The molecule has 1 saturated heterocycles. The number of likely N-dealkylation sites (tertiary alicyclic amines) is 1. The maximum absolute atomic E-state index is 12.5. The number of aromatic amines is 1. The monoisotopic (exact) mass is 308 g/mol. The molecule has 3 rings (SSSR count). The van der Waals surface area contributed by atoms with Crippen LogP contribution in [0.3, 0.4) is 0 Å². The molecule has 2 aliphatic rings. The number of carbonyl (C=O) groups is 1. The molecule has 0 radical (unpaired) electrons. The van der Waals surface area contributed by atoms with E-state index in [1.54, 1.807) is 0 Å². The van der Waals surface area contributed by atoms with Crippen LogP contribution in [0.15, 0.2) is 0 Å². The first-order valence-corrected chi connectivity index (χ1v) is 8.36. The van der Waals surface area contributed by atoms with Crippen molar-refractivity contribution in [2.45, 2.75) is 44.9 Å². The van der Waals surface area contributed by atoms with E-state index in [1.165, 1.54) is 12.8 Å². The van der Waals surface area contributed by atoms with Crippen LogP contribution >= 0.6 is 12.2 Å². The third-order valence-corrected chi connectivity index (χ3v) is 5.34. The molecule has 0 bridgehead atoms. The number of H-pyrrole nitrogens is 1. The Morgan fingerprint density at radius 3 is 2.86 bits per heavy atom. The summed E-state index contributed by atoms with van der Waals surface area (Å²) in [6.45, 7) is 3.89. The normalized spacial score (nSPS) is 24.1. The Kier molecular flexibility index (Phi) is 4.15. The van der Waals surface area contributed by atoms with Crippen LogP contribution in [0.25, 0.3) is 0 Å². The summed E-state index contributed by atoms with van der Waals surface area (Å²) >= 11 is 5.18. The summed E-state index contributed by atoms with van der Waals surface area (Å²) < 4.78 is 2.58. The predicted molar refractivity (Wildman–Crippen MR) is 83.5 cm³/mol. The van der Waals surface area contributed by atoms with E-state index in [-0.39, 0.29) is 0 Å². The van der Waals surface area contributed by atoms with Crippen molar-refractivity contribution in [3.05, 3.63) is 10.6 Å². The van der Waals surface area contributed by atoms with Crippen molar-refractivity contribution in [2.24, 2.45) is 18.9 Å². The molecular formula is C15H24N4OS. The number of nitrogens with zero attached hydrogens (tertiary/aromatic N) is 3. The fraction of sp³-hybridized carbons (Fsp3) is 0.800. The highest BCUT2D eigenvalue weighted by molar-refractivity contribution is 7.71. The van der Waals surface area contributed by atoms with Crippen LogP contribution in [-0.2, 0) is 11.8 Å². The number of nitrogens with one attached hydrogen (secondary N) is 1. The van der Waals surface area contributed by atoms with E-state index < -0.39 is 0 Å². The number of aromatic nitrogens is 3. The zero-order valence-corrected chi connectivity index (χ0v) is 13.7. The van der Waals surface area contributed by atoms with Crippen LogP contribution in [0.1, 0.15) is 50.8 Å². The minimum Gasteiger partial charge on any atom is -0.342 e. The molecule has 2 atom stereocenters. The molecule has 1 N–H and O–H groups in total. The fourth-order valence-corrected chi connectivity index (χ4v) is 3.51. The zero-order valence-electron chi connectivity index (χ0n) is 12.8. The van der Waals surface area contributed by atoms with Gasteiger partial charge < -0.3 is 9.47 Å². The molecular weight excluding hydrogens is 284 g/mol. The highest BCUT2D eigenvalue weighted by Gasteiger charge is 2.32. The largest absolute Gasteiger partial charge is 0.342 e. The molecule has 5 nitrogen and oxygen atoms in total. The first kappa shape index (κ1) is 14.8. The Balaban J connectivity index is 1.63. The average molecular weight is 308 g/mol. The summed E-state index contributed by atoms with van der Waals surface area (Å²) in [6.07, 6.45) is 5.45. The molecule has 0 spiro atoms. The number of hydrogen-bond acceptors (Lipinski definition) is 3. The van der Waals surface area contributed by atoms with Crippen LogP contribution in [0.5, 0.6) is 0 Å². The Bertz CT molecular complexity index is 574. The van der Waals surface area contributed by atoms with Gasteiger partial charge in [0.15, 0.2) is 4.77 Å². The first-order valence-electron chi connectivity index (χ1n) is 7.95. The fourth-order valence-electron chi connectivity index (χ4n) is 3.38. The average Bonchev–Trinajstić information content (AvgIpc) is 3.27. The molecule has 1 saturated carbocycles. The van der Waals surface area contributed by atoms with E-state index in [4.69, 9.17) is 12.2 Å². The molecule has 1 aromatic heterocycles. The van der Waals surface area contributed by atoms with Crippen molar-refractivity contribution in [1.82, 2.24) is 19.7 Å². The van der Waals surface area contributed by atoms with E-state index in [0.717, 1.165) is 37.7 Å². The zero-order chi connectivity index (χ0) is 15.0. The van der Waals surface area contributed by atoms with Gasteiger partial charge in [-0.2, -0.15) is 5.10 Å². The molecule has 1 aliphatic carbocycles. The minimum absolute atomic E-state index is 0.303. The van der Waals surface area contributed by atoms with Crippen molar-refractivity contribution >= 4 is 18.1 Å². The summed E-state index contributed by atoms with van der Waals surface area (Å²) in [5.74, 6) is 2.93. The van der Waals surface area contributed by atoms with Crippen LogP contribution in [0, 0.1) is 16.6 Å². The Morgan fingerprint density at radius 1 is 1.48 bits per heavy atom. The van der Waals surface area contributed by atoms with Gasteiger partial charge in [0.1, 0.15) is 5.82 Å². The Hall–Kier alpha value is -1.17. The number of carbonyl (C=O) groups excluding carboxylic acids is 1. The van der Waals surface area contributed by atoms with Gasteiger partial charge in [0.2, 0.25) is 5.91 Å².